The second-order valence-electron chi connectivity index (χ2n) is 4.90. The van der Waals surface area contributed by atoms with Crippen LogP contribution in [0.5, 0.6) is 0 Å². The molecule has 0 aliphatic heterocycles. The highest BCUT2D eigenvalue weighted by molar-refractivity contribution is 8.00. The molecule has 0 unspecified atom stereocenters. The average Bonchev–Trinajstić information content (AvgIpc) is 2.38. The quantitative estimate of drug-likeness (QED) is 0.838. The normalized spacial score (nSPS) is 17.4. The Bertz CT molecular complexity index is 603. The molecule has 2 N–H and O–H groups in total. The summed E-state index contributed by atoms with van der Waals surface area (Å²) in [4.78, 5) is 10.9. The highest BCUT2D eigenvalue weighted by Crippen LogP contribution is 2.42. The Morgan fingerprint density at radius 2 is 2.15 bits per heavy atom. The molecule has 5 nitrogen and oxygen atoms in total. The van der Waals surface area contributed by atoms with Crippen LogP contribution in [0.15, 0.2) is 29.2 Å². The molecule has 0 radical (unpaired) electrons. The van der Waals surface area contributed by atoms with Gasteiger partial charge in [-0.05, 0) is 37.3 Å². The highest BCUT2D eigenvalue weighted by atomic mass is 32.2. The number of rotatable bonds is 6. The van der Waals surface area contributed by atoms with Gasteiger partial charge in [-0.3, -0.25) is 0 Å². The topological polar surface area (TPSA) is 83.5 Å². The summed E-state index contributed by atoms with van der Waals surface area (Å²) in [7, 11) is -3.66. The highest BCUT2D eigenvalue weighted by Gasteiger charge is 2.37. The van der Waals surface area contributed by atoms with Crippen molar-refractivity contribution in [3.8, 4) is 0 Å². The molecule has 7 heteroatoms. The number of carbonyl (C=O) groups is 1. The lowest BCUT2D eigenvalue weighted by atomic mass is 9.84. The van der Waals surface area contributed by atoms with Gasteiger partial charge in [0, 0.05) is 11.3 Å². The molecule has 1 fully saturated rings. The van der Waals surface area contributed by atoms with Crippen LogP contribution in [-0.4, -0.2) is 37.0 Å². The van der Waals surface area contributed by atoms with Crippen LogP contribution >= 0.6 is 11.8 Å². The van der Waals surface area contributed by atoms with Gasteiger partial charge in [-0.15, -0.1) is 0 Å². The third kappa shape index (κ3) is 3.16. The van der Waals surface area contributed by atoms with Crippen LogP contribution < -0.4 is 4.72 Å². The molecule has 0 aromatic heterocycles. The largest absolute Gasteiger partial charge is 0.478 e. The van der Waals surface area contributed by atoms with Gasteiger partial charge >= 0.3 is 5.97 Å². The summed E-state index contributed by atoms with van der Waals surface area (Å²) in [5.74, 6) is -1.14. The first-order valence-electron chi connectivity index (χ1n) is 6.27. The number of carboxylic acids is 1. The monoisotopic (exact) mass is 315 g/mol. The predicted molar refractivity (Wildman–Crippen MR) is 78.7 cm³/mol. The Balaban J connectivity index is 2.14. The summed E-state index contributed by atoms with van der Waals surface area (Å²) in [6, 6.07) is 5.39. The smallest absolute Gasteiger partial charge is 0.335 e. The first-order valence-corrected chi connectivity index (χ1v) is 8.98. The lowest BCUT2D eigenvalue weighted by Gasteiger charge is -2.40. The SMILES string of the molecule is CSC1(CNS(=O)(=O)c2cccc(C(=O)O)c2)CCC1. The maximum Gasteiger partial charge on any atom is 0.335 e. The molecule has 1 aromatic carbocycles. The van der Waals surface area contributed by atoms with Gasteiger partial charge in [-0.1, -0.05) is 12.5 Å². The van der Waals surface area contributed by atoms with E-state index in [0.717, 1.165) is 19.3 Å². The van der Waals surface area contributed by atoms with Crippen LogP contribution in [-0.2, 0) is 10.0 Å². The van der Waals surface area contributed by atoms with Gasteiger partial charge in [0.1, 0.15) is 0 Å². The van der Waals surface area contributed by atoms with Crippen molar-refractivity contribution >= 4 is 27.8 Å². The van der Waals surface area contributed by atoms with Gasteiger partial charge in [0.25, 0.3) is 0 Å². The molecule has 1 aliphatic carbocycles. The van der Waals surface area contributed by atoms with Crippen molar-refractivity contribution in [2.75, 3.05) is 12.8 Å². The van der Waals surface area contributed by atoms with Crippen molar-refractivity contribution < 1.29 is 18.3 Å². The number of aromatic carboxylic acids is 1. The molecule has 1 aliphatic rings. The summed E-state index contributed by atoms with van der Waals surface area (Å²) in [5.41, 5.74) is -0.0314. The van der Waals surface area contributed by atoms with Crippen LogP contribution in [0.1, 0.15) is 29.6 Å². The van der Waals surface area contributed by atoms with E-state index in [9.17, 15) is 13.2 Å². The fourth-order valence-electron chi connectivity index (χ4n) is 2.13. The number of nitrogens with one attached hydrogen (secondary N) is 1. The number of benzene rings is 1. The maximum atomic E-state index is 12.2. The molecule has 0 atom stereocenters. The minimum atomic E-state index is -3.66. The minimum Gasteiger partial charge on any atom is -0.478 e. The molecule has 0 bridgehead atoms. The van der Waals surface area contributed by atoms with Gasteiger partial charge in [0.2, 0.25) is 10.0 Å². The standard InChI is InChI=1S/C13H17NO4S2/c1-19-13(6-3-7-13)9-14-20(17,18)11-5-2-4-10(8-11)12(15)16/h2,4-5,8,14H,3,6-7,9H2,1H3,(H,15,16). The average molecular weight is 315 g/mol. The Morgan fingerprint density at radius 1 is 1.45 bits per heavy atom. The summed E-state index contributed by atoms with van der Waals surface area (Å²) >= 11 is 1.68. The van der Waals surface area contributed by atoms with E-state index in [0.29, 0.717) is 6.54 Å². The van der Waals surface area contributed by atoms with Crippen LogP contribution in [0.25, 0.3) is 0 Å². The number of hydrogen-bond acceptors (Lipinski definition) is 4. The van der Waals surface area contributed by atoms with Crippen LogP contribution in [0.2, 0.25) is 0 Å². The van der Waals surface area contributed by atoms with Gasteiger partial charge < -0.3 is 5.11 Å². The lowest BCUT2D eigenvalue weighted by molar-refractivity contribution is 0.0696. The van der Waals surface area contributed by atoms with E-state index in [1.54, 1.807) is 11.8 Å². The number of thioether (sulfide) groups is 1. The van der Waals surface area contributed by atoms with Crippen molar-refractivity contribution in [2.24, 2.45) is 0 Å². The molecular weight excluding hydrogens is 298 g/mol. The fraction of sp³-hybridized carbons (Fsp3) is 0.462. The molecule has 20 heavy (non-hydrogen) atoms. The maximum absolute atomic E-state index is 12.2. The van der Waals surface area contributed by atoms with E-state index in [1.807, 2.05) is 6.26 Å². The second-order valence-corrected chi connectivity index (χ2v) is 7.94. The summed E-state index contributed by atoms with van der Waals surface area (Å²) in [5, 5.41) is 8.90. The van der Waals surface area contributed by atoms with E-state index in [-0.39, 0.29) is 15.2 Å². The third-order valence-electron chi connectivity index (χ3n) is 3.67. The molecule has 0 saturated heterocycles. The zero-order valence-electron chi connectivity index (χ0n) is 11.1. The fourth-order valence-corrected chi connectivity index (χ4v) is 4.31. The molecule has 0 spiro atoms. The van der Waals surface area contributed by atoms with Gasteiger partial charge in [0.15, 0.2) is 0 Å². The van der Waals surface area contributed by atoms with Crippen LogP contribution in [0, 0.1) is 0 Å². The minimum absolute atomic E-state index is 0.00250. The molecule has 0 heterocycles. The molecular formula is C13H17NO4S2. The zero-order chi connectivity index (χ0) is 14.8. The van der Waals surface area contributed by atoms with Crippen molar-refractivity contribution in [2.45, 2.75) is 28.9 Å². The van der Waals surface area contributed by atoms with Crippen molar-refractivity contribution in [3.05, 3.63) is 29.8 Å². The first-order chi connectivity index (χ1) is 9.38. The summed E-state index contributed by atoms with van der Waals surface area (Å²) in [6.45, 7) is 0.383. The Labute approximate surface area is 122 Å². The van der Waals surface area contributed by atoms with E-state index < -0.39 is 16.0 Å². The van der Waals surface area contributed by atoms with Crippen LogP contribution in [0.3, 0.4) is 0 Å². The molecule has 110 valence electrons. The van der Waals surface area contributed by atoms with E-state index in [4.69, 9.17) is 5.11 Å². The van der Waals surface area contributed by atoms with Crippen molar-refractivity contribution in [1.82, 2.24) is 4.72 Å². The number of carboxylic acid groups (broad SMARTS) is 1. The number of sulfonamides is 1. The third-order valence-corrected chi connectivity index (χ3v) is 6.49. The molecule has 1 aromatic rings. The van der Waals surface area contributed by atoms with Crippen LogP contribution in [0.4, 0.5) is 0 Å². The lowest BCUT2D eigenvalue weighted by Crippen LogP contribution is -2.45. The number of hydrogen-bond donors (Lipinski definition) is 2. The van der Waals surface area contributed by atoms with Gasteiger partial charge in [0.05, 0.1) is 10.5 Å². The Kier molecular flexibility index (Phi) is 4.41. The van der Waals surface area contributed by atoms with E-state index in [2.05, 4.69) is 4.72 Å². The molecule has 0 amide bonds. The Hall–Kier alpha value is -1.05. The zero-order valence-corrected chi connectivity index (χ0v) is 12.8. The molecule has 2 rings (SSSR count). The van der Waals surface area contributed by atoms with E-state index >= 15 is 0 Å². The second kappa shape index (κ2) is 5.75. The summed E-state index contributed by atoms with van der Waals surface area (Å²) < 4.78 is 27.0. The van der Waals surface area contributed by atoms with Gasteiger partial charge in [-0.25, -0.2) is 17.9 Å². The van der Waals surface area contributed by atoms with Crippen molar-refractivity contribution in [1.29, 1.82) is 0 Å². The molecule has 1 saturated carbocycles. The van der Waals surface area contributed by atoms with E-state index in [1.165, 1.54) is 24.3 Å². The first kappa shape index (κ1) is 15.3. The van der Waals surface area contributed by atoms with Gasteiger partial charge in [-0.2, -0.15) is 11.8 Å². The Morgan fingerprint density at radius 3 is 2.65 bits per heavy atom. The summed E-state index contributed by atoms with van der Waals surface area (Å²) in [6.07, 6.45) is 5.12. The predicted octanol–water partition coefficient (Wildman–Crippen LogP) is 1.95. The van der Waals surface area contributed by atoms with Crippen molar-refractivity contribution in [3.63, 3.8) is 0 Å².